The minimum absolute atomic E-state index is 0.0921. The van der Waals surface area contributed by atoms with Gasteiger partial charge in [0.05, 0.1) is 16.8 Å². The second-order valence-electron chi connectivity index (χ2n) is 4.79. The highest BCUT2D eigenvalue weighted by Gasteiger charge is 2.08. The molecule has 1 aromatic heterocycles. The lowest BCUT2D eigenvalue weighted by Crippen LogP contribution is -1.95. The Labute approximate surface area is 132 Å². The smallest absolute Gasteiger partial charge is 0.189 e. The number of aromatic hydroxyl groups is 1. The third-order valence-corrected chi connectivity index (χ3v) is 3.48. The van der Waals surface area contributed by atoms with E-state index in [9.17, 15) is 9.90 Å². The van der Waals surface area contributed by atoms with Crippen molar-refractivity contribution < 1.29 is 9.90 Å². The summed E-state index contributed by atoms with van der Waals surface area (Å²) in [5.41, 5.74) is 1.71. The van der Waals surface area contributed by atoms with Crippen LogP contribution in [0, 0.1) is 0 Å². The number of fused-ring (bicyclic) bond motifs is 1. The molecule has 3 rings (SSSR count). The number of phenols is 1. The molecule has 0 atom stereocenters. The lowest BCUT2D eigenvalue weighted by atomic mass is 10.1. The Bertz CT molecular complexity index is 887. The molecule has 0 saturated heterocycles. The number of allylic oxidation sites excluding steroid dienone is 1. The molecule has 22 heavy (non-hydrogen) atoms. The van der Waals surface area contributed by atoms with Crippen LogP contribution in [0.2, 0.25) is 5.02 Å². The fourth-order valence-electron chi connectivity index (χ4n) is 2.13. The van der Waals surface area contributed by atoms with Gasteiger partial charge in [-0.3, -0.25) is 4.79 Å². The average Bonchev–Trinajstić information content (AvgIpc) is 2.54. The number of benzene rings is 2. The first-order valence-electron chi connectivity index (χ1n) is 6.70. The van der Waals surface area contributed by atoms with Gasteiger partial charge in [0.15, 0.2) is 5.78 Å². The third-order valence-electron chi connectivity index (χ3n) is 3.25. The van der Waals surface area contributed by atoms with Crippen molar-refractivity contribution in [2.45, 2.75) is 0 Å². The van der Waals surface area contributed by atoms with Gasteiger partial charge >= 0.3 is 0 Å². The third kappa shape index (κ3) is 3.00. The van der Waals surface area contributed by atoms with Crippen molar-refractivity contribution in [1.82, 2.24) is 4.98 Å². The molecule has 0 radical (unpaired) electrons. The number of hydrogen-bond acceptors (Lipinski definition) is 3. The molecule has 1 N–H and O–H groups in total. The minimum atomic E-state index is -0.324. The number of halogens is 1. The number of carbonyl (C=O) groups excluding carboxylic acids is 1. The molecule has 0 spiro atoms. The summed E-state index contributed by atoms with van der Waals surface area (Å²) in [5, 5.41) is 11.2. The van der Waals surface area contributed by atoms with Crippen LogP contribution in [0.25, 0.3) is 17.0 Å². The standard InChI is InChI=1S/C18H12ClNO2/c19-13-6-9-17(21)15(11-13)18(22)10-8-14-7-5-12-3-1-2-4-16(12)20-14/h1-11,21H/b10-8+. The summed E-state index contributed by atoms with van der Waals surface area (Å²) in [4.78, 5) is 16.6. The molecule has 4 heteroatoms. The first kappa shape index (κ1) is 14.3. The van der Waals surface area contributed by atoms with Gasteiger partial charge in [-0.05, 0) is 42.5 Å². The number of rotatable bonds is 3. The molecule has 0 bridgehead atoms. The summed E-state index contributed by atoms with van der Waals surface area (Å²) < 4.78 is 0. The van der Waals surface area contributed by atoms with Crippen LogP contribution < -0.4 is 0 Å². The van der Waals surface area contributed by atoms with Crippen LogP contribution >= 0.6 is 11.6 Å². The highest BCUT2D eigenvalue weighted by molar-refractivity contribution is 6.31. The molecular formula is C18H12ClNO2. The number of hydrogen-bond donors (Lipinski definition) is 1. The number of ketones is 1. The van der Waals surface area contributed by atoms with Crippen molar-refractivity contribution in [1.29, 1.82) is 0 Å². The highest BCUT2D eigenvalue weighted by Crippen LogP contribution is 2.22. The lowest BCUT2D eigenvalue weighted by Gasteiger charge is -2.01. The van der Waals surface area contributed by atoms with Crippen LogP contribution in [0.5, 0.6) is 5.75 Å². The molecule has 0 aliphatic carbocycles. The zero-order valence-electron chi connectivity index (χ0n) is 11.5. The Morgan fingerprint density at radius 2 is 1.91 bits per heavy atom. The summed E-state index contributed by atoms with van der Waals surface area (Å²) in [6, 6.07) is 15.9. The summed E-state index contributed by atoms with van der Waals surface area (Å²) in [6.07, 6.45) is 3.00. The number of aromatic nitrogens is 1. The number of nitrogens with zero attached hydrogens (tertiary/aromatic N) is 1. The summed E-state index contributed by atoms with van der Waals surface area (Å²) >= 11 is 5.84. The lowest BCUT2D eigenvalue weighted by molar-refractivity contribution is 0.104. The van der Waals surface area contributed by atoms with Gasteiger partial charge in [0, 0.05) is 10.4 Å². The van der Waals surface area contributed by atoms with Gasteiger partial charge in [0.25, 0.3) is 0 Å². The van der Waals surface area contributed by atoms with Crippen molar-refractivity contribution in [3.05, 3.63) is 77.0 Å². The van der Waals surface area contributed by atoms with Crippen LogP contribution in [0.1, 0.15) is 16.1 Å². The summed E-state index contributed by atoms with van der Waals surface area (Å²) in [7, 11) is 0. The molecule has 0 aliphatic rings. The van der Waals surface area contributed by atoms with E-state index in [0.717, 1.165) is 10.9 Å². The van der Waals surface area contributed by atoms with Crippen LogP contribution in [0.4, 0.5) is 0 Å². The largest absolute Gasteiger partial charge is 0.507 e. The Kier molecular flexibility index (Phi) is 3.90. The topological polar surface area (TPSA) is 50.2 Å². The molecule has 1 heterocycles. The van der Waals surface area contributed by atoms with E-state index in [0.29, 0.717) is 10.7 Å². The maximum Gasteiger partial charge on any atom is 0.189 e. The Morgan fingerprint density at radius 3 is 2.77 bits per heavy atom. The SMILES string of the molecule is O=C(/C=C/c1ccc2ccccc2n1)c1cc(Cl)ccc1O. The fraction of sp³-hybridized carbons (Fsp3) is 0. The first-order valence-corrected chi connectivity index (χ1v) is 7.08. The molecule has 0 saturated carbocycles. The van der Waals surface area contributed by atoms with Gasteiger partial charge in [0.2, 0.25) is 0 Å². The second-order valence-corrected chi connectivity index (χ2v) is 5.22. The van der Waals surface area contributed by atoms with Crippen molar-refractivity contribution in [2.75, 3.05) is 0 Å². The normalized spacial score (nSPS) is 11.1. The quantitative estimate of drug-likeness (QED) is 0.573. The molecule has 0 aliphatic heterocycles. The van der Waals surface area contributed by atoms with Crippen molar-refractivity contribution in [2.24, 2.45) is 0 Å². The fourth-order valence-corrected chi connectivity index (χ4v) is 2.30. The first-order chi connectivity index (χ1) is 10.6. The van der Waals surface area contributed by atoms with Crippen LogP contribution in [-0.4, -0.2) is 15.9 Å². The van der Waals surface area contributed by atoms with Crippen molar-refractivity contribution in [3.8, 4) is 5.75 Å². The van der Waals surface area contributed by atoms with Crippen molar-refractivity contribution >= 4 is 34.4 Å². The van der Waals surface area contributed by atoms with Gasteiger partial charge in [-0.2, -0.15) is 0 Å². The summed E-state index contributed by atoms with van der Waals surface area (Å²) in [6.45, 7) is 0. The Morgan fingerprint density at radius 1 is 1.09 bits per heavy atom. The van der Waals surface area contributed by atoms with Gasteiger partial charge < -0.3 is 5.11 Å². The van der Waals surface area contributed by atoms with E-state index in [1.807, 2.05) is 36.4 Å². The predicted molar refractivity (Wildman–Crippen MR) is 88.2 cm³/mol. The van der Waals surface area contributed by atoms with E-state index in [1.165, 1.54) is 24.3 Å². The van der Waals surface area contributed by atoms with Gasteiger partial charge in [-0.25, -0.2) is 4.98 Å². The van der Waals surface area contributed by atoms with Gasteiger partial charge in [-0.15, -0.1) is 0 Å². The van der Waals surface area contributed by atoms with Crippen LogP contribution in [-0.2, 0) is 0 Å². The predicted octanol–water partition coefficient (Wildman–Crippen LogP) is 4.49. The zero-order chi connectivity index (χ0) is 15.5. The molecule has 3 nitrogen and oxygen atoms in total. The Hall–Kier alpha value is -2.65. The average molecular weight is 310 g/mol. The molecular weight excluding hydrogens is 298 g/mol. The van der Waals surface area contributed by atoms with Crippen molar-refractivity contribution in [3.63, 3.8) is 0 Å². The van der Waals surface area contributed by atoms with E-state index < -0.39 is 0 Å². The van der Waals surface area contributed by atoms with Crippen LogP contribution in [0.3, 0.4) is 0 Å². The van der Waals surface area contributed by atoms with E-state index in [4.69, 9.17) is 11.6 Å². The van der Waals surface area contributed by atoms with E-state index in [-0.39, 0.29) is 17.1 Å². The zero-order valence-corrected chi connectivity index (χ0v) is 12.3. The Balaban J connectivity index is 1.88. The van der Waals surface area contributed by atoms with Gasteiger partial charge in [-0.1, -0.05) is 35.9 Å². The number of para-hydroxylation sites is 1. The van der Waals surface area contributed by atoms with E-state index >= 15 is 0 Å². The highest BCUT2D eigenvalue weighted by atomic mass is 35.5. The minimum Gasteiger partial charge on any atom is -0.507 e. The molecule has 108 valence electrons. The van der Waals surface area contributed by atoms with E-state index in [1.54, 1.807) is 6.08 Å². The van der Waals surface area contributed by atoms with E-state index in [2.05, 4.69) is 4.98 Å². The number of phenolic OH excluding ortho intramolecular Hbond substituents is 1. The number of carbonyl (C=O) groups is 1. The number of pyridine rings is 1. The summed E-state index contributed by atoms with van der Waals surface area (Å²) in [5.74, 6) is -0.416. The maximum absolute atomic E-state index is 12.1. The molecule has 3 aromatic rings. The van der Waals surface area contributed by atoms with Crippen LogP contribution in [0.15, 0.2) is 60.7 Å². The second kappa shape index (κ2) is 6.00. The van der Waals surface area contributed by atoms with Gasteiger partial charge in [0.1, 0.15) is 5.75 Å². The molecule has 0 amide bonds. The molecule has 2 aromatic carbocycles. The molecule has 0 unspecified atom stereocenters. The molecule has 0 fully saturated rings. The monoisotopic (exact) mass is 309 g/mol. The maximum atomic E-state index is 12.1.